The van der Waals surface area contributed by atoms with E-state index in [1.165, 1.54) is 12.1 Å². The number of nitrogens with zero attached hydrogens (tertiary/aromatic N) is 2. The number of likely N-dealkylation sites (tertiary alicyclic amines) is 1. The molecule has 0 N–H and O–H groups in total. The van der Waals surface area contributed by atoms with Crippen molar-refractivity contribution in [1.29, 1.82) is 0 Å². The van der Waals surface area contributed by atoms with Gasteiger partial charge in [0.2, 0.25) is 5.91 Å². The van der Waals surface area contributed by atoms with Crippen LogP contribution in [0.4, 0.5) is 10.1 Å². The highest BCUT2D eigenvalue weighted by molar-refractivity contribution is 6.19. The molecule has 0 atom stereocenters. The molecule has 0 aromatic heterocycles. The Morgan fingerprint density at radius 3 is 2.40 bits per heavy atom. The molecule has 2 heterocycles. The van der Waals surface area contributed by atoms with Crippen molar-refractivity contribution < 1.29 is 18.8 Å². The van der Waals surface area contributed by atoms with Crippen LogP contribution in [0.1, 0.15) is 46.4 Å². The topological polar surface area (TPSA) is 57.7 Å². The highest BCUT2D eigenvalue weighted by Gasteiger charge is 2.30. The van der Waals surface area contributed by atoms with Crippen molar-refractivity contribution in [3.05, 3.63) is 65.5 Å². The van der Waals surface area contributed by atoms with Gasteiger partial charge in [-0.2, -0.15) is 0 Å². The molecule has 4 rings (SSSR count). The lowest BCUT2D eigenvalue weighted by Gasteiger charge is -2.33. The molecule has 5 nitrogen and oxygen atoms in total. The lowest BCUT2D eigenvalue weighted by molar-refractivity contribution is -0.118. The quantitative estimate of drug-likeness (QED) is 0.540. The smallest absolute Gasteiger partial charge is 0.234 e. The molecule has 2 aromatic carbocycles. The molecule has 0 radical (unpaired) electrons. The number of fused-ring (bicyclic) bond motifs is 1. The van der Waals surface area contributed by atoms with Gasteiger partial charge in [0, 0.05) is 23.6 Å². The maximum Gasteiger partial charge on any atom is 0.234 e. The summed E-state index contributed by atoms with van der Waals surface area (Å²) in [6, 6.07) is 13.1. The molecule has 1 fully saturated rings. The van der Waals surface area contributed by atoms with Crippen molar-refractivity contribution in [1.82, 2.24) is 4.90 Å². The fraction of sp³-hybridized carbons (Fsp3) is 0.375. The first-order valence-corrected chi connectivity index (χ1v) is 10.5. The van der Waals surface area contributed by atoms with E-state index in [0.717, 1.165) is 38.9 Å². The first-order chi connectivity index (χ1) is 14.5. The molecule has 0 saturated carbocycles. The Morgan fingerprint density at radius 1 is 0.967 bits per heavy atom. The van der Waals surface area contributed by atoms with Crippen LogP contribution in [0.5, 0.6) is 0 Å². The van der Waals surface area contributed by atoms with E-state index in [1.807, 2.05) is 18.2 Å². The number of rotatable bonds is 6. The number of benzene rings is 2. The number of halogens is 1. The van der Waals surface area contributed by atoms with Gasteiger partial charge in [-0.15, -0.1) is 0 Å². The number of hydrogen-bond acceptors (Lipinski definition) is 4. The second-order valence-electron chi connectivity index (χ2n) is 8.00. The number of hydrogen-bond donors (Lipinski definition) is 0. The Hall–Kier alpha value is -2.86. The third kappa shape index (κ3) is 4.33. The van der Waals surface area contributed by atoms with Crippen LogP contribution in [0.3, 0.4) is 0 Å². The molecule has 156 valence electrons. The molecular formula is C24H25FN2O3. The summed E-state index contributed by atoms with van der Waals surface area (Å²) >= 11 is 0. The second-order valence-corrected chi connectivity index (χ2v) is 8.00. The molecule has 0 unspecified atom stereocenters. The van der Waals surface area contributed by atoms with E-state index < -0.39 is 0 Å². The average molecular weight is 408 g/mol. The van der Waals surface area contributed by atoms with E-state index in [1.54, 1.807) is 23.1 Å². The molecule has 6 heteroatoms. The molecule has 1 saturated heterocycles. The minimum absolute atomic E-state index is 0.0201. The van der Waals surface area contributed by atoms with Gasteiger partial charge >= 0.3 is 0 Å². The van der Waals surface area contributed by atoms with Gasteiger partial charge in [-0.1, -0.05) is 12.1 Å². The minimum atomic E-state index is -0.333. The zero-order valence-electron chi connectivity index (χ0n) is 16.9. The first-order valence-electron chi connectivity index (χ1n) is 10.5. The third-order valence-corrected chi connectivity index (χ3v) is 6.05. The van der Waals surface area contributed by atoms with Crippen molar-refractivity contribution in [2.75, 3.05) is 31.1 Å². The van der Waals surface area contributed by atoms with Crippen molar-refractivity contribution in [2.24, 2.45) is 5.92 Å². The molecule has 0 aliphatic carbocycles. The average Bonchev–Trinajstić information content (AvgIpc) is 2.76. The van der Waals surface area contributed by atoms with E-state index in [9.17, 15) is 18.8 Å². The molecule has 2 aliphatic rings. The summed E-state index contributed by atoms with van der Waals surface area (Å²) < 4.78 is 13.1. The fourth-order valence-electron chi connectivity index (χ4n) is 4.37. The number of carbonyl (C=O) groups is 3. The van der Waals surface area contributed by atoms with Gasteiger partial charge in [0.05, 0.1) is 12.1 Å². The second kappa shape index (κ2) is 8.88. The van der Waals surface area contributed by atoms with Crippen LogP contribution in [0.25, 0.3) is 0 Å². The largest absolute Gasteiger partial charge is 0.311 e. The molecule has 2 aromatic rings. The first kappa shape index (κ1) is 20.4. The van der Waals surface area contributed by atoms with E-state index in [-0.39, 0.29) is 35.6 Å². The Kier molecular flexibility index (Phi) is 6.04. The number of piperidine rings is 1. The van der Waals surface area contributed by atoms with Gasteiger partial charge in [0.25, 0.3) is 0 Å². The summed E-state index contributed by atoms with van der Waals surface area (Å²) in [5.74, 6) is -0.509. The number of amides is 1. The molecular weight excluding hydrogens is 383 g/mol. The Labute approximate surface area is 175 Å². The van der Waals surface area contributed by atoms with Crippen molar-refractivity contribution in [2.45, 2.75) is 25.7 Å². The SMILES string of the molecule is O=C1CC(=O)N(CCCN2CCC(C(=O)c3ccc(F)cc3)CC2)c2ccccc21. The van der Waals surface area contributed by atoms with Crippen LogP contribution >= 0.6 is 0 Å². The van der Waals surface area contributed by atoms with Crippen LogP contribution in [-0.4, -0.2) is 48.6 Å². The summed E-state index contributed by atoms with van der Waals surface area (Å²) in [6.07, 6.45) is 2.32. The maximum absolute atomic E-state index is 13.1. The monoisotopic (exact) mass is 408 g/mol. The van der Waals surface area contributed by atoms with E-state index in [0.29, 0.717) is 23.4 Å². The molecule has 30 heavy (non-hydrogen) atoms. The molecule has 1 amide bonds. The summed E-state index contributed by atoms with van der Waals surface area (Å²) in [7, 11) is 0. The van der Waals surface area contributed by atoms with Gasteiger partial charge in [0.1, 0.15) is 5.82 Å². The summed E-state index contributed by atoms with van der Waals surface area (Å²) in [5, 5.41) is 0. The fourth-order valence-corrected chi connectivity index (χ4v) is 4.37. The van der Waals surface area contributed by atoms with Crippen LogP contribution < -0.4 is 4.90 Å². The third-order valence-electron chi connectivity index (χ3n) is 6.05. The van der Waals surface area contributed by atoms with E-state index in [4.69, 9.17) is 0 Å². The lowest BCUT2D eigenvalue weighted by atomic mass is 9.89. The predicted octanol–water partition coefficient (Wildman–Crippen LogP) is 3.73. The molecule has 0 bridgehead atoms. The number of carbonyl (C=O) groups excluding carboxylic acids is 3. The Bertz CT molecular complexity index is 949. The summed E-state index contributed by atoms with van der Waals surface area (Å²) in [5.41, 5.74) is 1.91. The number of para-hydroxylation sites is 1. The Morgan fingerprint density at radius 2 is 1.67 bits per heavy atom. The lowest BCUT2D eigenvalue weighted by Crippen LogP contribution is -2.41. The van der Waals surface area contributed by atoms with Crippen LogP contribution in [-0.2, 0) is 4.79 Å². The van der Waals surface area contributed by atoms with Gasteiger partial charge in [-0.3, -0.25) is 14.4 Å². The highest BCUT2D eigenvalue weighted by Crippen LogP contribution is 2.28. The van der Waals surface area contributed by atoms with Crippen molar-refractivity contribution in [3.8, 4) is 0 Å². The number of ketones is 2. The van der Waals surface area contributed by atoms with Crippen LogP contribution in [0.15, 0.2) is 48.5 Å². The summed E-state index contributed by atoms with van der Waals surface area (Å²) in [4.78, 5) is 41.1. The molecule has 2 aliphatic heterocycles. The van der Waals surface area contributed by atoms with Crippen molar-refractivity contribution in [3.63, 3.8) is 0 Å². The maximum atomic E-state index is 13.1. The van der Waals surface area contributed by atoms with Gasteiger partial charge in [-0.25, -0.2) is 4.39 Å². The van der Waals surface area contributed by atoms with Gasteiger partial charge < -0.3 is 9.80 Å². The zero-order chi connectivity index (χ0) is 21.1. The van der Waals surface area contributed by atoms with E-state index in [2.05, 4.69) is 4.90 Å². The van der Waals surface area contributed by atoms with E-state index >= 15 is 0 Å². The Balaban J connectivity index is 1.27. The number of anilines is 1. The zero-order valence-corrected chi connectivity index (χ0v) is 16.9. The van der Waals surface area contributed by atoms with Crippen LogP contribution in [0, 0.1) is 11.7 Å². The van der Waals surface area contributed by atoms with Crippen LogP contribution in [0.2, 0.25) is 0 Å². The minimum Gasteiger partial charge on any atom is -0.311 e. The van der Waals surface area contributed by atoms with Gasteiger partial charge in [0.15, 0.2) is 11.6 Å². The highest BCUT2D eigenvalue weighted by atomic mass is 19.1. The molecule has 0 spiro atoms. The normalized spacial score (nSPS) is 17.8. The standard InChI is InChI=1S/C24H25FN2O3/c25-19-8-6-17(7-9-19)24(30)18-10-14-26(15-11-18)12-3-13-27-21-5-2-1-4-20(21)22(28)16-23(27)29/h1-2,4-9,18H,3,10-16H2. The van der Waals surface area contributed by atoms with Crippen molar-refractivity contribution >= 4 is 23.2 Å². The predicted molar refractivity (Wildman–Crippen MR) is 112 cm³/mol. The van der Waals surface area contributed by atoms with Gasteiger partial charge in [-0.05, 0) is 75.3 Å². The number of Topliss-reactive ketones (excluding diaryl/α,β-unsaturated/α-hetero) is 2. The summed E-state index contributed by atoms with van der Waals surface area (Å²) in [6.45, 7) is 3.09.